The molecule has 0 aromatic heterocycles. The molecule has 1 aromatic rings. The van der Waals surface area contributed by atoms with Crippen molar-refractivity contribution in [1.82, 2.24) is 10.2 Å². The zero-order chi connectivity index (χ0) is 15.7. The summed E-state index contributed by atoms with van der Waals surface area (Å²) in [4.78, 5) is 14.4. The Morgan fingerprint density at radius 1 is 1.24 bits per heavy atom. The van der Waals surface area contributed by atoms with Gasteiger partial charge in [0.2, 0.25) is 5.91 Å². The monoisotopic (exact) mass is 291 g/mol. The number of carbonyl (C=O) groups excluding carboxylic acids is 1. The summed E-state index contributed by atoms with van der Waals surface area (Å²) in [5, 5.41) is 3.08. The maximum atomic E-state index is 12.1. The van der Waals surface area contributed by atoms with Gasteiger partial charge < -0.3 is 11.1 Å². The summed E-state index contributed by atoms with van der Waals surface area (Å²) in [6.07, 6.45) is 0.729. The molecule has 0 aliphatic heterocycles. The predicted molar refractivity (Wildman–Crippen MR) is 87.9 cm³/mol. The maximum absolute atomic E-state index is 12.1. The Labute approximate surface area is 128 Å². The standard InChI is InChI=1S/C17H29N3O/c1-4-20(5-2)16(15-9-7-6-8-10-15)13-19-17(21)14(3)11-12-18/h6-10,14,16H,4-5,11-13,18H2,1-3H3,(H,19,21). The zero-order valence-electron chi connectivity index (χ0n) is 13.5. The van der Waals surface area contributed by atoms with Crippen LogP contribution in [0.25, 0.3) is 0 Å². The number of nitrogens with one attached hydrogen (secondary N) is 1. The minimum atomic E-state index is -0.0249. The fraction of sp³-hybridized carbons (Fsp3) is 0.588. The second kappa shape index (κ2) is 9.53. The Morgan fingerprint density at radius 2 is 1.86 bits per heavy atom. The first kappa shape index (κ1) is 17.7. The molecule has 0 heterocycles. The van der Waals surface area contributed by atoms with Crippen molar-refractivity contribution in [2.24, 2.45) is 11.7 Å². The minimum absolute atomic E-state index is 0.0249. The van der Waals surface area contributed by atoms with E-state index in [1.807, 2.05) is 25.1 Å². The lowest BCUT2D eigenvalue weighted by Gasteiger charge is -2.30. The van der Waals surface area contributed by atoms with Crippen LogP contribution in [-0.4, -0.2) is 37.0 Å². The van der Waals surface area contributed by atoms with Crippen molar-refractivity contribution in [3.8, 4) is 0 Å². The number of nitrogens with two attached hydrogens (primary N) is 1. The third-order valence-electron chi connectivity index (χ3n) is 3.95. The number of amides is 1. The molecule has 0 saturated heterocycles. The molecule has 0 radical (unpaired) electrons. The van der Waals surface area contributed by atoms with Crippen molar-refractivity contribution in [2.75, 3.05) is 26.2 Å². The highest BCUT2D eigenvalue weighted by molar-refractivity contribution is 5.78. The molecule has 2 unspecified atom stereocenters. The number of nitrogens with zero attached hydrogens (tertiary/aromatic N) is 1. The normalized spacial score (nSPS) is 14.0. The summed E-state index contributed by atoms with van der Waals surface area (Å²) in [5.41, 5.74) is 6.76. The lowest BCUT2D eigenvalue weighted by Crippen LogP contribution is -2.40. The Balaban J connectivity index is 2.72. The minimum Gasteiger partial charge on any atom is -0.354 e. The number of hydrogen-bond donors (Lipinski definition) is 2. The molecule has 2 atom stereocenters. The van der Waals surface area contributed by atoms with E-state index in [-0.39, 0.29) is 17.9 Å². The number of benzene rings is 1. The van der Waals surface area contributed by atoms with Crippen molar-refractivity contribution in [1.29, 1.82) is 0 Å². The first-order chi connectivity index (χ1) is 10.1. The summed E-state index contributed by atoms with van der Waals surface area (Å²) >= 11 is 0. The molecule has 1 aromatic carbocycles. The molecule has 3 N–H and O–H groups in total. The van der Waals surface area contributed by atoms with Crippen LogP contribution >= 0.6 is 0 Å². The van der Waals surface area contributed by atoms with Gasteiger partial charge in [0.15, 0.2) is 0 Å². The summed E-state index contributed by atoms with van der Waals surface area (Å²) in [7, 11) is 0. The largest absolute Gasteiger partial charge is 0.354 e. The van der Waals surface area contributed by atoms with Crippen molar-refractivity contribution < 1.29 is 4.79 Å². The average molecular weight is 291 g/mol. The number of carbonyl (C=O) groups is 1. The van der Waals surface area contributed by atoms with Crippen LogP contribution in [0.2, 0.25) is 0 Å². The van der Waals surface area contributed by atoms with Crippen LogP contribution in [0.4, 0.5) is 0 Å². The first-order valence-electron chi connectivity index (χ1n) is 7.90. The fourth-order valence-electron chi connectivity index (χ4n) is 2.55. The summed E-state index contributed by atoms with van der Waals surface area (Å²) in [6, 6.07) is 10.6. The molecule has 4 heteroatoms. The molecular formula is C17H29N3O. The average Bonchev–Trinajstić information content (AvgIpc) is 2.52. The fourth-order valence-corrected chi connectivity index (χ4v) is 2.55. The molecule has 118 valence electrons. The number of hydrogen-bond acceptors (Lipinski definition) is 3. The van der Waals surface area contributed by atoms with Crippen LogP contribution in [0.1, 0.15) is 38.8 Å². The molecule has 0 bridgehead atoms. The molecule has 0 fully saturated rings. The smallest absolute Gasteiger partial charge is 0.222 e. The second-order valence-corrected chi connectivity index (χ2v) is 5.37. The molecule has 0 aliphatic rings. The van der Waals surface area contributed by atoms with E-state index in [0.717, 1.165) is 19.5 Å². The van der Waals surface area contributed by atoms with Gasteiger partial charge in [-0.2, -0.15) is 0 Å². The lowest BCUT2D eigenvalue weighted by atomic mass is 10.0. The van der Waals surface area contributed by atoms with Crippen molar-refractivity contribution in [2.45, 2.75) is 33.2 Å². The molecule has 0 spiro atoms. The topological polar surface area (TPSA) is 58.4 Å². The third-order valence-corrected chi connectivity index (χ3v) is 3.95. The highest BCUT2D eigenvalue weighted by Crippen LogP contribution is 2.19. The van der Waals surface area contributed by atoms with Gasteiger partial charge >= 0.3 is 0 Å². The van der Waals surface area contributed by atoms with E-state index in [0.29, 0.717) is 13.1 Å². The van der Waals surface area contributed by atoms with Gasteiger partial charge in [-0.25, -0.2) is 0 Å². The first-order valence-corrected chi connectivity index (χ1v) is 7.90. The molecule has 0 aliphatic carbocycles. The third kappa shape index (κ3) is 5.48. The molecule has 1 amide bonds. The van der Waals surface area contributed by atoms with Gasteiger partial charge in [0.25, 0.3) is 0 Å². The van der Waals surface area contributed by atoms with Gasteiger partial charge in [-0.05, 0) is 31.6 Å². The van der Waals surface area contributed by atoms with E-state index < -0.39 is 0 Å². The molecule has 21 heavy (non-hydrogen) atoms. The van der Waals surface area contributed by atoms with Gasteiger partial charge in [-0.1, -0.05) is 51.1 Å². The van der Waals surface area contributed by atoms with Gasteiger partial charge in [0.1, 0.15) is 0 Å². The van der Waals surface area contributed by atoms with Crippen LogP contribution in [0.15, 0.2) is 30.3 Å². The number of rotatable bonds is 9. The van der Waals surface area contributed by atoms with Crippen LogP contribution in [0.5, 0.6) is 0 Å². The van der Waals surface area contributed by atoms with E-state index in [1.165, 1.54) is 5.56 Å². The van der Waals surface area contributed by atoms with E-state index in [4.69, 9.17) is 5.73 Å². The van der Waals surface area contributed by atoms with Gasteiger partial charge in [-0.3, -0.25) is 9.69 Å². The van der Waals surface area contributed by atoms with Crippen LogP contribution < -0.4 is 11.1 Å². The summed E-state index contributed by atoms with van der Waals surface area (Å²) in [6.45, 7) is 9.34. The van der Waals surface area contributed by atoms with E-state index in [9.17, 15) is 4.79 Å². The zero-order valence-corrected chi connectivity index (χ0v) is 13.5. The second-order valence-electron chi connectivity index (χ2n) is 5.37. The van der Waals surface area contributed by atoms with E-state index in [2.05, 4.69) is 36.2 Å². The molecule has 4 nitrogen and oxygen atoms in total. The number of likely N-dealkylation sites (N-methyl/N-ethyl adjacent to an activating group) is 1. The quantitative estimate of drug-likeness (QED) is 0.733. The summed E-state index contributed by atoms with van der Waals surface area (Å²) in [5.74, 6) is 0.0664. The van der Waals surface area contributed by atoms with Gasteiger partial charge in [0.05, 0.1) is 6.04 Å². The molecular weight excluding hydrogens is 262 g/mol. The van der Waals surface area contributed by atoms with E-state index >= 15 is 0 Å². The molecule has 0 saturated carbocycles. The van der Waals surface area contributed by atoms with Crippen LogP contribution in [-0.2, 0) is 4.79 Å². The van der Waals surface area contributed by atoms with Gasteiger partial charge in [-0.15, -0.1) is 0 Å². The van der Waals surface area contributed by atoms with Crippen LogP contribution in [0.3, 0.4) is 0 Å². The van der Waals surface area contributed by atoms with E-state index in [1.54, 1.807) is 0 Å². The van der Waals surface area contributed by atoms with Crippen molar-refractivity contribution in [3.63, 3.8) is 0 Å². The maximum Gasteiger partial charge on any atom is 0.222 e. The Morgan fingerprint density at radius 3 is 2.38 bits per heavy atom. The Kier molecular flexibility index (Phi) is 8.01. The van der Waals surface area contributed by atoms with Crippen molar-refractivity contribution in [3.05, 3.63) is 35.9 Å². The highest BCUT2D eigenvalue weighted by atomic mass is 16.1. The predicted octanol–water partition coefficient (Wildman–Crippen LogP) is 2.17. The summed E-state index contributed by atoms with van der Waals surface area (Å²) < 4.78 is 0. The SMILES string of the molecule is CCN(CC)C(CNC(=O)C(C)CCN)c1ccccc1. The Hall–Kier alpha value is -1.39. The highest BCUT2D eigenvalue weighted by Gasteiger charge is 2.20. The van der Waals surface area contributed by atoms with Crippen molar-refractivity contribution >= 4 is 5.91 Å². The molecule has 1 rings (SSSR count). The Bertz CT molecular complexity index is 404. The lowest BCUT2D eigenvalue weighted by molar-refractivity contribution is -0.124. The van der Waals surface area contributed by atoms with Gasteiger partial charge in [0, 0.05) is 12.5 Å². The van der Waals surface area contributed by atoms with Crippen LogP contribution in [0, 0.1) is 5.92 Å².